The van der Waals surface area contributed by atoms with Crippen LogP contribution in [0.2, 0.25) is 0 Å². The van der Waals surface area contributed by atoms with E-state index < -0.39 is 0 Å². The minimum atomic E-state index is 0.117. The summed E-state index contributed by atoms with van der Waals surface area (Å²) in [6, 6.07) is 11.0. The van der Waals surface area contributed by atoms with Crippen LogP contribution in [0.5, 0.6) is 5.75 Å². The number of imidazole rings is 1. The molecule has 3 aromatic rings. The van der Waals surface area contributed by atoms with Gasteiger partial charge >= 0.3 is 0 Å². The Morgan fingerprint density at radius 1 is 1.10 bits per heavy atom. The van der Waals surface area contributed by atoms with Crippen LogP contribution in [0, 0.1) is 13.8 Å². The first-order chi connectivity index (χ1) is 9.65. The van der Waals surface area contributed by atoms with E-state index in [4.69, 9.17) is 0 Å². The molecule has 0 unspecified atom stereocenters. The van der Waals surface area contributed by atoms with Crippen LogP contribution in [-0.4, -0.2) is 14.5 Å². The average molecular weight is 266 g/mol. The number of phenols is 1. The fourth-order valence-corrected chi connectivity index (χ4v) is 2.04. The molecular weight excluding hydrogens is 252 g/mol. The lowest BCUT2D eigenvalue weighted by Gasteiger charge is -1.99. The van der Waals surface area contributed by atoms with Gasteiger partial charge < -0.3 is 5.11 Å². The van der Waals surface area contributed by atoms with Gasteiger partial charge in [0, 0.05) is 6.20 Å². The summed E-state index contributed by atoms with van der Waals surface area (Å²) in [6.07, 6.45) is 1.89. The number of aromatic nitrogens is 2. The van der Waals surface area contributed by atoms with Crippen LogP contribution >= 0.6 is 0 Å². The molecule has 0 atom stereocenters. The van der Waals surface area contributed by atoms with Gasteiger partial charge in [0.1, 0.15) is 17.1 Å². The monoisotopic (exact) mass is 266 g/mol. The molecule has 0 aliphatic heterocycles. The third-order valence-electron chi connectivity index (χ3n) is 3.06. The minimum Gasteiger partial charge on any atom is -0.506 e. The van der Waals surface area contributed by atoms with Crippen molar-refractivity contribution in [1.29, 1.82) is 0 Å². The molecule has 5 nitrogen and oxygen atoms in total. The minimum absolute atomic E-state index is 0.117. The van der Waals surface area contributed by atoms with Crippen LogP contribution in [0.4, 0.5) is 11.5 Å². The number of phenolic OH excluding ortho intramolecular Hbond substituents is 1. The molecule has 20 heavy (non-hydrogen) atoms. The first-order valence-electron chi connectivity index (χ1n) is 6.30. The van der Waals surface area contributed by atoms with Crippen LogP contribution in [0.1, 0.15) is 11.3 Å². The SMILES string of the molecule is Cc1ccc(O)c(N=Nc2c(C)nc3ccccn23)c1. The summed E-state index contributed by atoms with van der Waals surface area (Å²) < 4.78 is 1.87. The van der Waals surface area contributed by atoms with Crippen molar-refractivity contribution in [3.05, 3.63) is 53.9 Å². The lowest BCUT2D eigenvalue weighted by atomic mass is 10.2. The van der Waals surface area contributed by atoms with Crippen molar-refractivity contribution in [2.24, 2.45) is 10.2 Å². The van der Waals surface area contributed by atoms with E-state index in [-0.39, 0.29) is 5.75 Å². The highest BCUT2D eigenvalue weighted by atomic mass is 16.3. The molecule has 0 saturated heterocycles. The van der Waals surface area contributed by atoms with Gasteiger partial charge in [-0.25, -0.2) is 4.98 Å². The Balaban J connectivity index is 2.06. The van der Waals surface area contributed by atoms with E-state index in [0.29, 0.717) is 11.5 Å². The first-order valence-corrected chi connectivity index (χ1v) is 6.30. The highest BCUT2D eigenvalue weighted by molar-refractivity contribution is 5.54. The van der Waals surface area contributed by atoms with Crippen LogP contribution in [0.3, 0.4) is 0 Å². The Hall–Kier alpha value is -2.69. The summed E-state index contributed by atoms with van der Waals surface area (Å²) in [6.45, 7) is 3.83. The molecule has 2 heterocycles. The number of rotatable bonds is 2. The van der Waals surface area contributed by atoms with Crippen LogP contribution in [0.15, 0.2) is 52.8 Å². The zero-order valence-corrected chi connectivity index (χ0v) is 11.3. The summed E-state index contributed by atoms with van der Waals surface area (Å²) >= 11 is 0. The summed E-state index contributed by atoms with van der Waals surface area (Å²) in [4.78, 5) is 4.41. The van der Waals surface area contributed by atoms with Crippen LogP contribution < -0.4 is 0 Å². The fourth-order valence-electron chi connectivity index (χ4n) is 2.04. The maximum atomic E-state index is 9.77. The number of aromatic hydroxyl groups is 1. The van der Waals surface area contributed by atoms with Gasteiger partial charge in [-0.2, -0.15) is 0 Å². The van der Waals surface area contributed by atoms with Gasteiger partial charge in [-0.1, -0.05) is 12.1 Å². The molecule has 0 amide bonds. The summed E-state index contributed by atoms with van der Waals surface area (Å²) in [5.41, 5.74) is 3.10. The molecule has 0 bridgehead atoms. The Kier molecular flexibility index (Phi) is 2.95. The van der Waals surface area contributed by atoms with Gasteiger partial charge in [-0.15, -0.1) is 10.2 Å². The quantitative estimate of drug-likeness (QED) is 0.710. The van der Waals surface area contributed by atoms with Crippen molar-refractivity contribution < 1.29 is 5.11 Å². The van der Waals surface area contributed by atoms with Crippen molar-refractivity contribution in [2.45, 2.75) is 13.8 Å². The standard InChI is InChI=1S/C15H14N4O/c1-10-6-7-13(20)12(9-10)17-18-15-11(2)16-14-5-3-4-8-19(14)15/h3-9,20H,1-2H3. The third kappa shape index (κ3) is 2.14. The molecule has 5 heteroatoms. The summed E-state index contributed by atoms with van der Waals surface area (Å²) in [7, 11) is 0. The zero-order valence-electron chi connectivity index (χ0n) is 11.3. The van der Waals surface area contributed by atoms with Gasteiger partial charge in [-0.05, 0) is 43.7 Å². The Morgan fingerprint density at radius 3 is 2.80 bits per heavy atom. The number of hydrogen-bond donors (Lipinski definition) is 1. The molecule has 0 aliphatic carbocycles. The molecule has 2 aromatic heterocycles. The van der Waals surface area contributed by atoms with Crippen LogP contribution in [-0.2, 0) is 0 Å². The van der Waals surface area contributed by atoms with E-state index in [1.54, 1.807) is 12.1 Å². The lowest BCUT2D eigenvalue weighted by molar-refractivity contribution is 0.476. The maximum Gasteiger partial charge on any atom is 0.182 e. The van der Waals surface area contributed by atoms with Crippen molar-refractivity contribution in [2.75, 3.05) is 0 Å². The fraction of sp³-hybridized carbons (Fsp3) is 0.133. The smallest absolute Gasteiger partial charge is 0.182 e. The predicted octanol–water partition coefficient (Wildman–Crippen LogP) is 4.07. The largest absolute Gasteiger partial charge is 0.506 e. The second-order valence-electron chi connectivity index (χ2n) is 4.64. The number of fused-ring (bicyclic) bond motifs is 1. The molecule has 1 aromatic carbocycles. The molecule has 0 fully saturated rings. The van der Waals surface area contributed by atoms with Gasteiger partial charge in [0.25, 0.3) is 0 Å². The maximum absolute atomic E-state index is 9.77. The normalized spacial score (nSPS) is 11.5. The number of nitrogens with zero attached hydrogens (tertiary/aromatic N) is 4. The van der Waals surface area contributed by atoms with E-state index in [9.17, 15) is 5.11 Å². The molecule has 1 N–H and O–H groups in total. The summed E-state index contributed by atoms with van der Waals surface area (Å²) in [5, 5.41) is 18.1. The highest BCUT2D eigenvalue weighted by Crippen LogP contribution is 2.29. The topological polar surface area (TPSA) is 62.2 Å². The van der Waals surface area contributed by atoms with E-state index in [1.165, 1.54) is 0 Å². The van der Waals surface area contributed by atoms with Gasteiger partial charge in [0.2, 0.25) is 0 Å². The second-order valence-corrected chi connectivity index (χ2v) is 4.64. The van der Waals surface area contributed by atoms with E-state index in [1.807, 2.05) is 48.7 Å². The predicted molar refractivity (Wildman–Crippen MR) is 76.9 cm³/mol. The first kappa shape index (κ1) is 12.3. The second kappa shape index (κ2) is 4.77. The van der Waals surface area contributed by atoms with E-state index in [0.717, 1.165) is 16.9 Å². The van der Waals surface area contributed by atoms with Crippen molar-refractivity contribution in [1.82, 2.24) is 9.38 Å². The van der Waals surface area contributed by atoms with Crippen LogP contribution in [0.25, 0.3) is 5.65 Å². The number of hydrogen-bond acceptors (Lipinski definition) is 4. The molecule has 0 saturated carbocycles. The number of aryl methyl sites for hydroxylation is 2. The summed E-state index contributed by atoms with van der Waals surface area (Å²) in [5.74, 6) is 0.785. The zero-order chi connectivity index (χ0) is 14.1. The number of benzene rings is 1. The van der Waals surface area contributed by atoms with Gasteiger partial charge in [0.05, 0.1) is 5.69 Å². The number of pyridine rings is 1. The van der Waals surface area contributed by atoms with Gasteiger partial charge in [0.15, 0.2) is 5.82 Å². The highest BCUT2D eigenvalue weighted by Gasteiger charge is 2.07. The Bertz CT molecular complexity index is 805. The molecule has 0 radical (unpaired) electrons. The molecular formula is C15H14N4O. The Labute approximate surface area is 116 Å². The molecule has 100 valence electrons. The lowest BCUT2D eigenvalue weighted by Crippen LogP contribution is -1.81. The third-order valence-corrected chi connectivity index (χ3v) is 3.06. The average Bonchev–Trinajstić information content (AvgIpc) is 2.75. The van der Waals surface area contributed by atoms with E-state index in [2.05, 4.69) is 15.2 Å². The van der Waals surface area contributed by atoms with Crippen molar-refractivity contribution in [3.8, 4) is 5.75 Å². The molecule has 0 aliphatic rings. The number of azo groups is 1. The van der Waals surface area contributed by atoms with E-state index >= 15 is 0 Å². The van der Waals surface area contributed by atoms with Crippen molar-refractivity contribution >= 4 is 17.2 Å². The Morgan fingerprint density at radius 2 is 1.95 bits per heavy atom. The van der Waals surface area contributed by atoms with Gasteiger partial charge in [-0.3, -0.25) is 4.40 Å². The molecule has 3 rings (SSSR count). The molecule has 0 spiro atoms. The van der Waals surface area contributed by atoms with Crippen molar-refractivity contribution in [3.63, 3.8) is 0 Å².